The molecule has 0 atom stereocenters. The number of benzene rings is 1. The lowest BCUT2D eigenvalue weighted by molar-refractivity contribution is -0.388. The first-order valence-corrected chi connectivity index (χ1v) is 6.97. The average molecular weight is 298 g/mol. The Bertz CT molecular complexity index is 772. The third-order valence-electron chi connectivity index (χ3n) is 2.80. The van der Waals surface area contributed by atoms with Crippen LogP contribution in [0.25, 0.3) is 11.3 Å². The second kappa shape index (κ2) is 5.80. The summed E-state index contributed by atoms with van der Waals surface area (Å²) in [5.74, 6) is 0.757. The van der Waals surface area contributed by atoms with Gasteiger partial charge in [-0.25, -0.2) is 4.98 Å². The van der Waals surface area contributed by atoms with Crippen molar-refractivity contribution >= 4 is 17.4 Å². The quantitative estimate of drug-likeness (QED) is 0.527. The summed E-state index contributed by atoms with van der Waals surface area (Å²) in [7, 11) is 0. The van der Waals surface area contributed by atoms with Gasteiger partial charge in [0, 0.05) is 22.7 Å². The zero-order chi connectivity index (χ0) is 14.7. The Morgan fingerprint density at radius 1 is 1.14 bits per heavy atom. The molecule has 104 valence electrons. The zero-order valence-corrected chi connectivity index (χ0v) is 11.6. The minimum Gasteiger partial charge on any atom is -0.464 e. The summed E-state index contributed by atoms with van der Waals surface area (Å²) in [6, 6.07) is 14.3. The summed E-state index contributed by atoms with van der Waals surface area (Å²) in [5.41, 5.74) is 0.925. The Morgan fingerprint density at radius 3 is 2.81 bits per heavy atom. The van der Waals surface area contributed by atoms with E-state index in [1.807, 2.05) is 36.4 Å². The van der Waals surface area contributed by atoms with Crippen molar-refractivity contribution in [3.05, 3.63) is 71.1 Å². The molecule has 0 bridgehead atoms. The van der Waals surface area contributed by atoms with E-state index in [2.05, 4.69) is 4.98 Å². The van der Waals surface area contributed by atoms with E-state index in [-0.39, 0.29) is 5.69 Å². The lowest BCUT2D eigenvalue weighted by Crippen LogP contribution is -1.92. The van der Waals surface area contributed by atoms with Gasteiger partial charge in [0.05, 0.1) is 11.2 Å². The van der Waals surface area contributed by atoms with Crippen LogP contribution in [0.2, 0.25) is 0 Å². The molecule has 0 aliphatic rings. The highest BCUT2D eigenvalue weighted by atomic mass is 32.2. The predicted octanol–water partition coefficient (Wildman–Crippen LogP) is 4.40. The number of hydrogen-bond donors (Lipinski definition) is 0. The maximum absolute atomic E-state index is 11.0. The van der Waals surface area contributed by atoms with Crippen LogP contribution < -0.4 is 0 Å². The van der Waals surface area contributed by atoms with Crippen LogP contribution >= 0.6 is 11.8 Å². The zero-order valence-electron chi connectivity index (χ0n) is 10.8. The number of aromatic nitrogens is 1. The molecule has 0 saturated heterocycles. The van der Waals surface area contributed by atoms with Gasteiger partial charge < -0.3 is 4.42 Å². The number of hydrogen-bond acceptors (Lipinski definition) is 5. The molecule has 0 fully saturated rings. The molecule has 2 heterocycles. The van der Waals surface area contributed by atoms with Gasteiger partial charge in [-0.1, -0.05) is 23.9 Å². The SMILES string of the molecule is O=[N+]([O-])c1cccnc1Sc1cccc(-c2ccco2)c1. The van der Waals surface area contributed by atoms with Crippen LogP contribution in [0.15, 0.2) is 75.3 Å². The molecule has 0 N–H and O–H groups in total. The molecule has 1 aromatic carbocycles. The molecule has 0 radical (unpaired) electrons. The molecule has 21 heavy (non-hydrogen) atoms. The molecule has 0 amide bonds. The first-order valence-electron chi connectivity index (χ1n) is 6.15. The van der Waals surface area contributed by atoms with Crippen molar-refractivity contribution in [2.45, 2.75) is 9.92 Å². The Balaban J connectivity index is 1.93. The van der Waals surface area contributed by atoms with Gasteiger partial charge in [0.2, 0.25) is 0 Å². The summed E-state index contributed by atoms with van der Waals surface area (Å²) in [4.78, 5) is 15.5. The van der Waals surface area contributed by atoms with Gasteiger partial charge in [0.25, 0.3) is 0 Å². The first kappa shape index (κ1) is 13.4. The monoisotopic (exact) mass is 298 g/mol. The lowest BCUT2D eigenvalue weighted by atomic mass is 10.2. The third-order valence-corrected chi connectivity index (χ3v) is 3.80. The minimum absolute atomic E-state index is 0.00546. The Morgan fingerprint density at radius 2 is 2.05 bits per heavy atom. The first-order chi connectivity index (χ1) is 10.2. The number of pyridine rings is 1. The minimum atomic E-state index is -0.425. The van der Waals surface area contributed by atoms with Crippen molar-refractivity contribution in [1.29, 1.82) is 0 Å². The Hall–Kier alpha value is -2.60. The van der Waals surface area contributed by atoms with Crippen molar-refractivity contribution in [1.82, 2.24) is 4.98 Å². The Kier molecular flexibility index (Phi) is 3.70. The molecule has 0 unspecified atom stereocenters. The van der Waals surface area contributed by atoms with Gasteiger partial charge in [-0.05, 0) is 30.3 Å². The highest BCUT2D eigenvalue weighted by Gasteiger charge is 2.15. The molecular weight excluding hydrogens is 288 g/mol. The van der Waals surface area contributed by atoms with Crippen LogP contribution in [0.3, 0.4) is 0 Å². The standard InChI is InChI=1S/C15H10N2O3S/c18-17(19)13-6-2-8-16-15(13)21-12-5-1-4-11(10-12)14-7-3-9-20-14/h1-10H. The van der Waals surface area contributed by atoms with E-state index in [4.69, 9.17) is 4.42 Å². The molecule has 0 saturated carbocycles. The summed E-state index contributed by atoms with van der Waals surface area (Å²) in [6.45, 7) is 0. The van der Waals surface area contributed by atoms with E-state index >= 15 is 0 Å². The van der Waals surface area contributed by atoms with Gasteiger partial charge >= 0.3 is 5.69 Å². The van der Waals surface area contributed by atoms with Crippen LogP contribution in [-0.2, 0) is 0 Å². The molecule has 6 heteroatoms. The maximum Gasteiger partial charge on any atom is 0.301 e. The van der Waals surface area contributed by atoms with Gasteiger partial charge in [0.1, 0.15) is 5.76 Å². The summed E-state index contributed by atoms with van der Waals surface area (Å²) >= 11 is 1.26. The number of furan rings is 1. The maximum atomic E-state index is 11.0. The predicted molar refractivity (Wildman–Crippen MR) is 79.2 cm³/mol. The molecule has 2 aromatic heterocycles. The summed E-state index contributed by atoms with van der Waals surface area (Å²) in [6.07, 6.45) is 3.16. The second-order valence-corrected chi connectivity index (χ2v) is 5.25. The van der Waals surface area contributed by atoms with Crippen LogP contribution in [0.4, 0.5) is 5.69 Å². The molecule has 0 aliphatic heterocycles. The summed E-state index contributed by atoms with van der Waals surface area (Å²) < 4.78 is 5.35. The van der Waals surface area contributed by atoms with Crippen molar-refractivity contribution in [2.75, 3.05) is 0 Å². The number of nitro groups is 1. The topological polar surface area (TPSA) is 69.2 Å². The van der Waals surface area contributed by atoms with E-state index in [1.165, 1.54) is 17.8 Å². The van der Waals surface area contributed by atoms with Crippen molar-refractivity contribution in [3.8, 4) is 11.3 Å². The molecule has 0 aliphatic carbocycles. The average Bonchev–Trinajstić information content (AvgIpc) is 3.02. The van der Waals surface area contributed by atoms with E-state index in [9.17, 15) is 10.1 Å². The molecular formula is C15H10N2O3S. The fourth-order valence-corrected chi connectivity index (χ4v) is 2.78. The fourth-order valence-electron chi connectivity index (χ4n) is 1.87. The van der Waals surface area contributed by atoms with Crippen LogP contribution in [-0.4, -0.2) is 9.91 Å². The molecule has 0 spiro atoms. The van der Waals surface area contributed by atoms with Crippen LogP contribution in [0, 0.1) is 10.1 Å². The highest BCUT2D eigenvalue weighted by Crippen LogP contribution is 2.34. The van der Waals surface area contributed by atoms with Crippen molar-refractivity contribution in [3.63, 3.8) is 0 Å². The largest absolute Gasteiger partial charge is 0.464 e. The molecule has 3 rings (SSSR count). The smallest absolute Gasteiger partial charge is 0.301 e. The number of nitrogens with zero attached hydrogens (tertiary/aromatic N) is 2. The van der Waals surface area contributed by atoms with Crippen LogP contribution in [0.5, 0.6) is 0 Å². The van der Waals surface area contributed by atoms with E-state index < -0.39 is 4.92 Å². The van der Waals surface area contributed by atoms with Gasteiger partial charge in [-0.15, -0.1) is 0 Å². The fraction of sp³-hybridized carbons (Fsp3) is 0. The van der Waals surface area contributed by atoms with E-state index in [0.29, 0.717) is 5.03 Å². The third kappa shape index (κ3) is 2.95. The van der Waals surface area contributed by atoms with Gasteiger partial charge in [0.15, 0.2) is 5.03 Å². The molecule has 5 nitrogen and oxygen atoms in total. The highest BCUT2D eigenvalue weighted by molar-refractivity contribution is 7.99. The van der Waals surface area contributed by atoms with Crippen molar-refractivity contribution < 1.29 is 9.34 Å². The second-order valence-electron chi connectivity index (χ2n) is 4.19. The Labute approximate surface area is 124 Å². The van der Waals surface area contributed by atoms with E-state index in [0.717, 1.165) is 16.2 Å². The molecule has 3 aromatic rings. The van der Waals surface area contributed by atoms with Gasteiger partial charge in [-0.3, -0.25) is 10.1 Å². The summed E-state index contributed by atoms with van der Waals surface area (Å²) in [5, 5.41) is 11.4. The lowest BCUT2D eigenvalue weighted by Gasteiger charge is -2.03. The normalized spacial score (nSPS) is 10.5. The van der Waals surface area contributed by atoms with E-state index in [1.54, 1.807) is 18.5 Å². The van der Waals surface area contributed by atoms with Crippen molar-refractivity contribution in [2.24, 2.45) is 0 Å². The van der Waals surface area contributed by atoms with Crippen LogP contribution in [0.1, 0.15) is 0 Å². The van der Waals surface area contributed by atoms with Gasteiger partial charge in [-0.2, -0.15) is 0 Å². The number of rotatable bonds is 4.